The molecule has 0 saturated heterocycles. The number of aliphatic hydroxyl groups excluding tert-OH is 1. The molecule has 0 unspecified atom stereocenters. The van der Waals surface area contributed by atoms with Crippen LogP contribution in [0.1, 0.15) is 25.0 Å². The summed E-state index contributed by atoms with van der Waals surface area (Å²) >= 11 is 0. The van der Waals surface area contributed by atoms with E-state index in [1.807, 2.05) is 52.1 Å². The molecule has 1 amide bonds. The smallest absolute Gasteiger partial charge is 0.228 e. The molecule has 1 aliphatic rings. The van der Waals surface area contributed by atoms with E-state index in [1.54, 1.807) is 10.7 Å². The second-order valence-electron chi connectivity index (χ2n) is 8.54. The Kier molecular flexibility index (Phi) is 5.02. The normalized spacial score (nSPS) is 13.7. The molecule has 34 heavy (non-hydrogen) atoms. The molecule has 11 nitrogen and oxygen atoms in total. The highest BCUT2D eigenvalue weighted by Crippen LogP contribution is 2.30. The van der Waals surface area contributed by atoms with Gasteiger partial charge in [0.2, 0.25) is 5.91 Å². The second-order valence-corrected chi connectivity index (χ2v) is 8.54. The number of amides is 1. The first kappa shape index (κ1) is 20.5. The van der Waals surface area contributed by atoms with Crippen molar-refractivity contribution in [2.75, 3.05) is 11.9 Å². The summed E-state index contributed by atoms with van der Waals surface area (Å²) in [5, 5.41) is 29.5. The number of anilines is 1. The van der Waals surface area contributed by atoms with Gasteiger partial charge in [0.05, 0.1) is 30.1 Å². The lowest BCUT2D eigenvalue weighted by molar-refractivity contribution is -0.117. The van der Waals surface area contributed by atoms with Crippen molar-refractivity contribution in [2.45, 2.75) is 32.4 Å². The van der Waals surface area contributed by atoms with Crippen molar-refractivity contribution in [3.63, 3.8) is 0 Å². The Labute approximate surface area is 194 Å². The molecule has 1 aromatic carbocycles. The topological polar surface area (TPSA) is 128 Å². The number of rotatable bonds is 8. The van der Waals surface area contributed by atoms with Gasteiger partial charge in [-0.25, -0.2) is 14.2 Å². The fourth-order valence-electron chi connectivity index (χ4n) is 3.92. The van der Waals surface area contributed by atoms with Gasteiger partial charge in [-0.2, -0.15) is 10.2 Å². The van der Waals surface area contributed by atoms with E-state index in [2.05, 4.69) is 30.8 Å². The minimum atomic E-state index is 0.0208. The van der Waals surface area contributed by atoms with E-state index in [1.165, 1.54) is 0 Å². The van der Waals surface area contributed by atoms with E-state index < -0.39 is 0 Å². The maximum atomic E-state index is 12.0. The summed E-state index contributed by atoms with van der Waals surface area (Å²) in [6, 6.07) is 9.77. The lowest BCUT2D eigenvalue weighted by atomic mass is 10.1. The second kappa shape index (κ2) is 8.34. The van der Waals surface area contributed by atoms with Gasteiger partial charge in [0.25, 0.3) is 0 Å². The van der Waals surface area contributed by atoms with Crippen molar-refractivity contribution < 1.29 is 9.90 Å². The number of fused-ring (bicyclic) bond motifs is 2. The number of hydrogen-bond acceptors (Lipinski definition) is 7. The molecule has 0 spiro atoms. The molecule has 6 rings (SSSR count). The quantitative estimate of drug-likeness (QED) is 0.365. The molecule has 1 fully saturated rings. The van der Waals surface area contributed by atoms with Crippen molar-refractivity contribution >= 4 is 28.4 Å². The molecule has 1 saturated carbocycles. The van der Waals surface area contributed by atoms with Crippen LogP contribution in [0.15, 0.2) is 48.9 Å². The molecule has 2 N–H and O–H groups in total. The van der Waals surface area contributed by atoms with Crippen molar-refractivity contribution in [1.29, 1.82) is 0 Å². The molecular formula is C23H23N9O2. The summed E-state index contributed by atoms with van der Waals surface area (Å²) in [6.45, 7) is 1.25. The Bertz CT molecular complexity index is 1490. The number of carbonyl (C=O) groups excluding carboxylic acids is 1. The summed E-state index contributed by atoms with van der Waals surface area (Å²) in [5.74, 6) is 0.651. The van der Waals surface area contributed by atoms with Crippen LogP contribution in [0.25, 0.3) is 27.8 Å². The largest absolute Gasteiger partial charge is 0.396 e. The van der Waals surface area contributed by atoms with Crippen LogP contribution in [-0.2, 0) is 17.9 Å². The van der Waals surface area contributed by atoms with E-state index in [-0.39, 0.29) is 18.4 Å². The fraction of sp³-hybridized carbons (Fsp3) is 0.304. The first-order valence-electron chi connectivity index (χ1n) is 11.3. The number of aliphatic hydroxyl groups is 1. The van der Waals surface area contributed by atoms with Crippen LogP contribution >= 0.6 is 0 Å². The summed E-state index contributed by atoms with van der Waals surface area (Å²) in [5.41, 5.74) is 5.15. The van der Waals surface area contributed by atoms with E-state index in [0.29, 0.717) is 31.0 Å². The molecule has 1 aliphatic carbocycles. The highest BCUT2D eigenvalue weighted by molar-refractivity contribution is 5.93. The first-order valence-corrected chi connectivity index (χ1v) is 11.3. The molecule has 172 valence electrons. The summed E-state index contributed by atoms with van der Waals surface area (Å²) in [4.78, 5) is 16.4. The van der Waals surface area contributed by atoms with Crippen molar-refractivity contribution in [3.8, 4) is 11.1 Å². The van der Waals surface area contributed by atoms with Gasteiger partial charge in [0.15, 0.2) is 11.5 Å². The number of aromatic nitrogens is 8. The molecule has 5 aromatic rings. The van der Waals surface area contributed by atoms with Crippen LogP contribution < -0.4 is 5.32 Å². The van der Waals surface area contributed by atoms with Gasteiger partial charge in [0.1, 0.15) is 5.52 Å². The zero-order chi connectivity index (χ0) is 23.1. The predicted molar refractivity (Wildman–Crippen MR) is 124 cm³/mol. The number of nitrogens with zero attached hydrogens (tertiary/aromatic N) is 8. The lowest BCUT2D eigenvalue weighted by Gasteiger charge is -2.04. The number of carbonyl (C=O) groups is 1. The summed E-state index contributed by atoms with van der Waals surface area (Å²) in [6.07, 6.45) is 8.08. The number of benzene rings is 1. The Morgan fingerprint density at radius 3 is 2.91 bits per heavy atom. The van der Waals surface area contributed by atoms with Crippen LogP contribution in [0.5, 0.6) is 0 Å². The number of hydrogen-bond donors (Lipinski definition) is 2. The molecule has 0 bridgehead atoms. The average Bonchev–Trinajstić information content (AvgIpc) is 3.28. The highest BCUT2D eigenvalue weighted by Gasteiger charge is 2.30. The van der Waals surface area contributed by atoms with Crippen LogP contribution in [0.2, 0.25) is 0 Å². The van der Waals surface area contributed by atoms with Crippen LogP contribution in [0.4, 0.5) is 5.82 Å². The Balaban J connectivity index is 1.24. The molecule has 0 radical (unpaired) electrons. The Morgan fingerprint density at radius 2 is 2.06 bits per heavy atom. The van der Waals surface area contributed by atoms with Gasteiger partial charge in [-0.05, 0) is 49.1 Å². The summed E-state index contributed by atoms with van der Waals surface area (Å²) in [7, 11) is 0. The minimum absolute atomic E-state index is 0.0208. The van der Waals surface area contributed by atoms with E-state index >= 15 is 0 Å². The van der Waals surface area contributed by atoms with Gasteiger partial charge in [-0.1, -0.05) is 11.3 Å². The zero-order valence-electron chi connectivity index (χ0n) is 18.4. The van der Waals surface area contributed by atoms with Crippen LogP contribution in [0.3, 0.4) is 0 Å². The number of imidazole rings is 1. The van der Waals surface area contributed by atoms with Crippen molar-refractivity contribution in [3.05, 3.63) is 54.6 Å². The van der Waals surface area contributed by atoms with Crippen molar-refractivity contribution in [2.24, 2.45) is 5.92 Å². The van der Waals surface area contributed by atoms with Gasteiger partial charge in [-0.3, -0.25) is 9.48 Å². The zero-order valence-corrected chi connectivity index (χ0v) is 18.4. The van der Waals surface area contributed by atoms with Gasteiger partial charge in [-0.15, -0.1) is 5.10 Å². The molecule has 4 heterocycles. The maximum Gasteiger partial charge on any atom is 0.228 e. The van der Waals surface area contributed by atoms with E-state index in [9.17, 15) is 4.79 Å². The third kappa shape index (κ3) is 4.01. The van der Waals surface area contributed by atoms with Gasteiger partial charge < -0.3 is 10.4 Å². The monoisotopic (exact) mass is 457 g/mol. The number of aryl methyl sites for hydroxylation is 1. The molecular weight excluding hydrogens is 434 g/mol. The van der Waals surface area contributed by atoms with Gasteiger partial charge >= 0.3 is 0 Å². The van der Waals surface area contributed by atoms with Crippen LogP contribution in [-0.4, -0.2) is 57.0 Å². The maximum absolute atomic E-state index is 12.0. The molecule has 11 heteroatoms. The predicted octanol–water partition coefficient (Wildman–Crippen LogP) is 2.12. The number of nitrogens with one attached hydrogen (secondary N) is 1. The van der Waals surface area contributed by atoms with Crippen LogP contribution in [0, 0.1) is 5.92 Å². The Morgan fingerprint density at radius 1 is 1.15 bits per heavy atom. The van der Waals surface area contributed by atoms with Gasteiger partial charge in [0, 0.05) is 30.8 Å². The third-order valence-corrected chi connectivity index (χ3v) is 5.91. The first-order chi connectivity index (χ1) is 16.7. The fourth-order valence-corrected chi connectivity index (χ4v) is 3.92. The highest BCUT2D eigenvalue weighted by atomic mass is 16.3. The minimum Gasteiger partial charge on any atom is -0.396 e. The molecule has 4 aromatic heterocycles. The van der Waals surface area contributed by atoms with E-state index in [0.717, 1.165) is 40.7 Å². The van der Waals surface area contributed by atoms with Crippen molar-refractivity contribution in [1.82, 2.24) is 39.4 Å². The lowest BCUT2D eigenvalue weighted by Crippen LogP contribution is -2.13. The standard InChI is InChI=1S/C23H23N9O2/c33-9-1-8-30-12-17(11-24-30)16-4-6-19-20(10-16)31(29-27-19)13-18-5-7-22-25-21(14-32(22)28-18)26-23(34)15-2-3-15/h4-7,10-12,14-15,33H,1-3,8-9,13H2,(H,26,34). The Hall–Kier alpha value is -4.12. The SMILES string of the molecule is O=C(Nc1cn2nc(Cn3nnc4ccc(-c5cnn(CCCO)c5)cc43)ccc2n1)C1CC1. The van der Waals surface area contributed by atoms with E-state index in [4.69, 9.17) is 5.11 Å². The third-order valence-electron chi connectivity index (χ3n) is 5.91. The molecule has 0 aliphatic heterocycles. The summed E-state index contributed by atoms with van der Waals surface area (Å²) < 4.78 is 5.32. The molecule has 0 atom stereocenters. The average molecular weight is 457 g/mol.